The van der Waals surface area contributed by atoms with E-state index in [4.69, 9.17) is 0 Å². The van der Waals surface area contributed by atoms with Crippen LogP contribution in [0, 0.1) is 0 Å². The van der Waals surface area contributed by atoms with Gasteiger partial charge in [0.05, 0.1) is 5.54 Å². The van der Waals surface area contributed by atoms with Crippen LogP contribution in [0.15, 0.2) is 0 Å². The molecule has 1 spiro atoms. The summed E-state index contributed by atoms with van der Waals surface area (Å²) in [6, 6.07) is -0.0197. The van der Waals surface area contributed by atoms with Crippen LogP contribution in [0.4, 0.5) is 4.79 Å². The predicted molar refractivity (Wildman–Crippen MR) is 109 cm³/mol. The van der Waals surface area contributed by atoms with Gasteiger partial charge in [-0.05, 0) is 25.7 Å². The molecule has 1 saturated heterocycles. The number of rotatable bonds is 3. The lowest BCUT2D eigenvalue weighted by molar-refractivity contribution is -0.141. The monoisotopic (exact) mass is 402 g/mol. The van der Waals surface area contributed by atoms with E-state index in [0.29, 0.717) is 32.6 Å². The van der Waals surface area contributed by atoms with Gasteiger partial charge in [-0.1, -0.05) is 25.7 Å². The Labute approximate surface area is 173 Å². The molecule has 8 heteroatoms. The molecule has 160 valence electrons. The summed E-state index contributed by atoms with van der Waals surface area (Å²) in [6.07, 6.45) is 10.8. The number of carbonyl (C=O) groups excluding carboxylic acids is 2. The number of carbonyl (C=O) groups is 2. The molecule has 0 radical (unpaired) electrons. The van der Waals surface area contributed by atoms with E-state index in [-0.39, 0.29) is 17.5 Å². The molecule has 1 N–H and O–H groups in total. The van der Waals surface area contributed by atoms with E-state index in [1.807, 2.05) is 9.80 Å². The molecule has 0 atom stereocenters. The third kappa shape index (κ3) is 4.26. The normalized spacial score (nSPS) is 21.6. The summed E-state index contributed by atoms with van der Waals surface area (Å²) in [5.74, 6) is 2.20. The quantitative estimate of drug-likeness (QED) is 0.839. The van der Waals surface area contributed by atoms with E-state index in [9.17, 15) is 9.59 Å². The third-order valence-corrected chi connectivity index (χ3v) is 6.91. The minimum absolute atomic E-state index is 0.0197. The molecule has 1 aromatic heterocycles. The van der Waals surface area contributed by atoms with Crippen LogP contribution in [0.1, 0.15) is 69.9 Å². The van der Waals surface area contributed by atoms with Crippen molar-refractivity contribution in [3.63, 3.8) is 0 Å². The molecule has 1 aliphatic carbocycles. The highest BCUT2D eigenvalue weighted by atomic mass is 16.2. The number of hydrogen-bond acceptors (Lipinski definition) is 4. The molecule has 3 amide bonds. The molecule has 0 aromatic carbocycles. The zero-order valence-corrected chi connectivity index (χ0v) is 17.7. The van der Waals surface area contributed by atoms with Gasteiger partial charge in [0, 0.05) is 52.5 Å². The minimum Gasteiger partial charge on any atom is -0.338 e. The Balaban J connectivity index is 1.33. The standard InChI is InChI=1S/C21H34N6O2/c1-17(28)27-15-14-25(16-21(27)10-5-3-6-11-21)20(29)22-12-9-19-24-23-18-8-4-2-7-13-26(18)19/h2-16H2,1H3,(H,22,29). The van der Waals surface area contributed by atoms with Crippen molar-refractivity contribution in [2.45, 2.75) is 83.2 Å². The summed E-state index contributed by atoms with van der Waals surface area (Å²) < 4.78 is 2.24. The van der Waals surface area contributed by atoms with Crippen molar-refractivity contribution in [2.24, 2.45) is 0 Å². The molecule has 3 aliphatic rings. The SMILES string of the molecule is CC(=O)N1CCN(C(=O)NCCc2nnc3n2CCCCC3)CC12CCCCC2. The lowest BCUT2D eigenvalue weighted by Gasteiger charge is -2.52. The van der Waals surface area contributed by atoms with E-state index < -0.39 is 0 Å². The van der Waals surface area contributed by atoms with Crippen molar-refractivity contribution >= 4 is 11.9 Å². The van der Waals surface area contributed by atoms with Crippen molar-refractivity contribution in [3.8, 4) is 0 Å². The molecule has 1 saturated carbocycles. The molecule has 0 bridgehead atoms. The van der Waals surface area contributed by atoms with Gasteiger partial charge in [0.1, 0.15) is 11.6 Å². The maximum Gasteiger partial charge on any atom is 0.317 e. The van der Waals surface area contributed by atoms with E-state index >= 15 is 0 Å². The van der Waals surface area contributed by atoms with Crippen LogP contribution in [0.5, 0.6) is 0 Å². The Morgan fingerprint density at radius 2 is 1.79 bits per heavy atom. The topological polar surface area (TPSA) is 83.4 Å². The Kier molecular flexibility index (Phi) is 6.06. The molecule has 2 fully saturated rings. The summed E-state index contributed by atoms with van der Waals surface area (Å²) in [5, 5.41) is 11.8. The van der Waals surface area contributed by atoms with Crippen molar-refractivity contribution in [3.05, 3.63) is 11.6 Å². The molecule has 3 heterocycles. The van der Waals surface area contributed by atoms with Crippen LogP contribution in [0.25, 0.3) is 0 Å². The van der Waals surface area contributed by atoms with E-state index in [1.165, 1.54) is 25.7 Å². The number of piperazine rings is 1. The number of nitrogens with zero attached hydrogens (tertiary/aromatic N) is 5. The number of aromatic nitrogens is 3. The Hall–Kier alpha value is -2.12. The molecular weight excluding hydrogens is 368 g/mol. The lowest BCUT2D eigenvalue weighted by Crippen LogP contribution is -2.66. The van der Waals surface area contributed by atoms with Crippen molar-refractivity contribution in [1.29, 1.82) is 0 Å². The highest BCUT2D eigenvalue weighted by Crippen LogP contribution is 2.36. The highest BCUT2D eigenvalue weighted by molar-refractivity contribution is 5.77. The molecule has 2 aliphatic heterocycles. The first-order valence-corrected chi connectivity index (χ1v) is 11.3. The average molecular weight is 403 g/mol. The molecule has 4 rings (SSSR count). The summed E-state index contributed by atoms with van der Waals surface area (Å²) in [5.41, 5.74) is -0.163. The summed E-state index contributed by atoms with van der Waals surface area (Å²) in [4.78, 5) is 29.0. The average Bonchev–Trinajstić information content (AvgIpc) is 2.94. The largest absolute Gasteiger partial charge is 0.338 e. The fraction of sp³-hybridized carbons (Fsp3) is 0.810. The van der Waals surface area contributed by atoms with Gasteiger partial charge in [-0.3, -0.25) is 4.79 Å². The highest BCUT2D eigenvalue weighted by Gasteiger charge is 2.44. The molecule has 29 heavy (non-hydrogen) atoms. The zero-order valence-electron chi connectivity index (χ0n) is 17.7. The minimum atomic E-state index is -0.163. The fourth-order valence-corrected chi connectivity index (χ4v) is 5.40. The van der Waals surface area contributed by atoms with E-state index in [1.54, 1.807) is 6.92 Å². The first-order chi connectivity index (χ1) is 14.1. The number of urea groups is 1. The predicted octanol–water partition coefficient (Wildman–Crippen LogP) is 2.12. The Morgan fingerprint density at radius 3 is 2.59 bits per heavy atom. The second-order valence-electron chi connectivity index (χ2n) is 8.85. The van der Waals surface area contributed by atoms with Crippen molar-refractivity contribution in [2.75, 3.05) is 26.2 Å². The van der Waals surface area contributed by atoms with Crippen LogP contribution < -0.4 is 5.32 Å². The first kappa shape index (κ1) is 20.2. The van der Waals surface area contributed by atoms with Gasteiger partial charge in [0.25, 0.3) is 0 Å². The number of nitrogens with one attached hydrogen (secondary N) is 1. The zero-order chi connectivity index (χ0) is 20.3. The fourth-order valence-electron chi connectivity index (χ4n) is 5.40. The van der Waals surface area contributed by atoms with Gasteiger partial charge in [0.15, 0.2) is 0 Å². The summed E-state index contributed by atoms with van der Waals surface area (Å²) in [7, 11) is 0. The smallest absolute Gasteiger partial charge is 0.317 e. The Bertz CT molecular complexity index is 740. The summed E-state index contributed by atoms with van der Waals surface area (Å²) in [6.45, 7) is 5.11. The number of aryl methyl sites for hydroxylation is 1. The molecular formula is C21H34N6O2. The van der Waals surface area contributed by atoms with Gasteiger partial charge in [0.2, 0.25) is 5.91 Å². The third-order valence-electron chi connectivity index (χ3n) is 6.91. The van der Waals surface area contributed by atoms with Gasteiger partial charge < -0.3 is 19.7 Å². The second-order valence-corrected chi connectivity index (χ2v) is 8.85. The van der Waals surface area contributed by atoms with Crippen molar-refractivity contribution in [1.82, 2.24) is 29.9 Å². The van der Waals surface area contributed by atoms with Crippen LogP contribution >= 0.6 is 0 Å². The van der Waals surface area contributed by atoms with Crippen LogP contribution in [0.2, 0.25) is 0 Å². The number of hydrogen-bond donors (Lipinski definition) is 1. The van der Waals surface area contributed by atoms with E-state index in [2.05, 4.69) is 20.1 Å². The van der Waals surface area contributed by atoms with Crippen LogP contribution in [-0.2, 0) is 24.2 Å². The lowest BCUT2D eigenvalue weighted by atomic mass is 9.78. The van der Waals surface area contributed by atoms with Crippen molar-refractivity contribution < 1.29 is 9.59 Å². The second kappa shape index (κ2) is 8.71. The van der Waals surface area contributed by atoms with Crippen LogP contribution in [0.3, 0.4) is 0 Å². The number of fused-ring (bicyclic) bond motifs is 1. The van der Waals surface area contributed by atoms with Crippen LogP contribution in [-0.4, -0.2) is 68.2 Å². The van der Waals surface area contributed by atoms with Gasteiger partial charge >= 0.3 is 6.03 Å². The first-order valence-electron chi connectivity index (χ1n) is 11.3. The van der Waals surface area contributed by atoms with Gasteiger partial charge in [-0.2, -0.15) is 0 Å². The molecule has 8 nitrogen and oxygen atoms in total. The van der Waals surface area contributed by atoms with Gasteiger partial charge in [-0.25, -0.2) is 4.79 Å². The maximum absolute atomic E-state index is 12.8. The maximum atomic E-state index is 12.8. The molecule has 1 aromatic rings. The Morgan fingerprint density at radius 1 is 1.00 bits per heavy atom. The summed E-state index contributed by atoms with van der Waals surface area (Å²) >= 11 is 0. The number of amides is 3. The van der Waals surface area contributed by atoms with Gasteiger partial charge in [-0.15, -0.1) is 10.2 Å². The molecule has 0 unspecified atom stereocenters. The van der Waals surface area contributed by atoms with E-state index in [0.717, 1.165) is 50.3 Å².